The Morgan fingerprint density at radius 2 is 0.613 bits per heavy atom. The molecule has 2 aromatic rings. The van der Waals surface area contributed by atoms with Crippen LogP contribution >= 0.6 is 0 Å². The third kappa shape index (κ3) is 23.8. The van der Waals surface area contributed by atoms with Gasteiger partial charge in [-0.05, 0) is 43.0 Å². The fourth-order valence-corrected chi connectivity index (χ4v) is 12.7. The van der Waals surface area contributed by atoms with Crippen molar-refractivity contribution in [2.24, 2.45) is 17.8 Å². The molecule has 582 valence electrons. The van der Waals surface area contributed by atoms with E-state index in [0.29, 0.717) is 0 Å². The summed E-state index contributed by atoms with van der Waals surface area (Å²) in [5.74, 6) is -23.1. The van der Waals surface area contributed by atoms with E-state index in [4.69, 9.17) is 80.5 Å². The molecule has 2 aromatic carbocycles. The average molecular weight is 1500 g/mol. The van der Waals surface area contributed by atoms with Crippen LogP contribution in [0.1, 0.15) is 121 Å². The molecule has 106 heavy (non-hydrogen) atoms. The van der Waals surface area contributed by atoms with Gasteiger partial charge in [0.15, 0.2) is 54.9 Å². The lowest BCUT2D eigenvalue weighted by Gasteiger charge is -2.47. The van der Waals surface area contributed by atoms with E-state index in [9.17, 15) is 67.1 Å². The highest BCUT2D eigenvalue weighted by Crippen LogP contribution is 2.45. The van der Waals surface area contributed by atoms with E-state index >= 15 is 9.59 Å². The quantitative estimate of drug-likeness (QED) is 0.0764. The summed E-state index contributed by atoms with van der Waals surface area (Å²) < 4.78 is 98.0. The van der Waals surface area contributed by atoms with Crippen LogP contribution in [0, 0.1) is 17.8 Å². The van der Waals surface area contributed by atoms with Crippen LogP contribution in [0.25, 0.3) is 11.1 Å². The maximum atomic E-state index is 16.0. The highest BCUT2D eigenvalue weighted by molar-refractivity contribution is 5.85. The molecule has 36 nitrogen and oxygen atoms in total. The van der Waals surface area contributed by atoms with Crippen molar-refractivity contribution in [3.05, 3.63) is 59.7 Å². The lowest BCUT2D eigenvalue weighted by atomic mass is 9.84. The molecule has 3 N–H and O–H groups in total. The van der Waals surface area contributed by atoms with E-state index in [2.05, 4.69) is 16.0 Å². The first-order valence-electron chi connectivity index (χ1n) is 33.5. The summed E-state index contributed by atoms with van der Waals surface area (Å²) >= 11 is 0. The van der Waals surface area contributed by atoms with Crippen molar-refractivity contribution in [2.45, 2.75) is 207 Å². The predicted molar refractivity (Wildman–Crippen MR) is 351 cm³/mol. The van der Waals surface area contributed by atoms with Gasteiger partial charge in [0.2, 0.25) is 11.8 Å². The number of rotatable bonds is 29. The maximum Gasteiger partial charge on any atom is 0.407 e. The average Bonchev–Trinajstić information content (AvgIpc) is 1.28. The van der Waals surface area contributed by atoms with Crippen LogP contribution in [-0.2, 0) is 152 Å². The van der Waals surface area contributed by atoms with Gasteiger partial charge in [-0.3, -0.25) is 71.9 Å². The molecule has 1 aliphatic carbocycles. The lowest BCUT2D eigenvalue weighted by molar-refractivity contribution is -0.262. The standard InChI is InChI=1S/C70H89N3O33/c1-31(74)90-28-51-57(94-34(4)77)63(100-40(10)83)60(97-37(7)80)54(103-51)47(66(86)72-26-49(68(88)106-70(13,14)15)56-62(99-39(9)82)65(102-42(12)85)59(96-36(6)79)53(105-56)30-92-33(3)76)24-71-67(87)48(25-73-69(89)93-27-50-45-22-18-16-20-43(45)44-21-17-19-23-46(44)50)55-61(98-38(8)81)64(101-41(11)84)58(95-35(5)78)52(104-55)29-91-32(2)75/h16-23,47-65H,24-30H2,1-15H3,(H,71,87)(H,72,86)(H,73,89)/t47-,48-,49-,51-,52-,53-,54+,55+,56+,57-,58-,59-,60+,61+,62+,63+,64+,65+/m1/s1. The summed E-state index contributed by atoms with van der Waals surface area (Å²) in [6.45, 7) is 9.85. The first kappa shape index (κ1) is 84.6. The summed E-state index contributed by atoms with van der Waals surface area (Å²) in [6, 6.07) is 14.8. The first-order chi connectivity index (χ1) is 49.7. The Morgan fingerprint density at radius 1 is 0.340 bits per heavy atom. The number of benzene rings is 2. The number of amides is 3. The number of esters is 13. The van der Waals surface area contributed by atoms with E-state index in [-0.39, 0.29) is 6.61 Å². The molecule has 4 aliphatic rings. The second kappa shape index (κ2) is 38.1. The van der Waals surface area contributed by atoms with Crippen molar-refractivity contribution < 1.29 is 157 Å². The summed E-state index contributed by atoms with van der Waals surface area (Å²) in [7, 11) is 0. The van der Waals surface area contributed by atoms with Crippen LogP contribution < -0.4 is 16.0 Å². The minimum Gasteiger partial charge on any atom is -0.463 e. The molecule has 0 radical (unpaired) electrons. The van der Waals surface area contributed by atoms with E-state index < -0.39 is 256 Å². The molecule has 0 aromatic heterocycles. The van der Waals surface area contributed by atoms with Crippen LogP contribution in [-0.4, -0.2) is 239 Å². The molecular weight excluding hydrogens is 1410 g/mol. The van der Waals surface area contributed by atoms with E-state index in [1.807, 2.05) is 36.4 Å². The molecule has 36 heteroatoms. The van der Waals surface area contributed by atoms with Gasteiger partial charge in [-0.15, -0.1) is 0 Å². The predicted octanol–water partition coefficient (Wildman–Crippen LogP) is 1.32. The van der Waals surface area contributed by atoms with Gasteiger partial charge in [-0.25, -0.2) is 4.79 Å². The number of ether oxygens (including phenoxy) is 17. The molecule has 3 amide bonds. The smallest absolute Gasteiger partial charge is 0.407 e. The topological polar surface area (TPSA) is 466 Å². The van der Waals surface area contributed by atoms with Crippen LogP contribution in [0.4, 0.5) is 4.79 Å². The Morgan fingerprint density at radius 3 is 0.915 bits per heavy atom. The Labute approximate surface area is 608 Å². The van der Waals surface area contributed by atoms with Gasteiger partial charge in [-0.2, -0.15) is 0 Å². The van der Waals surface area contributed by atoms with Gasteiger partial charge in [0, 0.05) is 109 Å². The molecule has 6 rings (SSSR count). The molecule has 3 saturated heterocycles. The number of carbonyl (C=O) groups excluding carboxylic acids is 16. The molecule has 3 heterocycles. The summed E-state index contributed by atoms with van der Waals surface area (Å²) in [5, 5.41) is 7.64. The van der Waals surface area contributed by atoms with Crippen LogP contribution in [0.15, 0.2) is 48.5 Å². The summed E-state index contributed by atoms with van der Waals surface area (Å²) in [6.07, 6.45) is -29.8. The van der Waals surface area contributed by atoms with Gasteiger partial charge in [0.25, 0.3) is 0 Å². The number of hydrogen-bond donors (Lipinski definition) is 3. The Bertz CT molecular complexity index is 3560. The maximum absolute atomic E-state index is 16.0. The number of alkyl carbamates (subject to hydrolysis) is 1. The molecule has 0 saturated carbocycles. The van der Waals surface area contributed by atoms with Gasteiger partial charge >= 0.3 is 83.7 Å². The zero-order valence-corrected chi connectivity index (χ0v) is 61.0. The fourth-order valence-electron chi connectivity index (χ4n) is 12.7. The zero-order chi connectivity index (χ0) is 78.8. The zero-order valence-electron chi connectivity index (χ0n) is 61.0. The van der Waals surface area contributed by atoms with E-state index in [0.717, 1.165) is 105 Å². The monoisotopic (exact) mass is 1500 g/mol. The SMILES string of the molecule is CC(=O)OC[C@H]1O[C@@H]([C@@H](CNC(=O)OCC2c3ccccc3-c3ccccc32)C(=O)NC[C@@H](C(=O)NC[C@@H](C(=O)OC(C)(C)C)[C@@H]2O[C@H](COC(C)=O)[C@@H](OC(C)=O)[C@H](OC(C)=O)[C@H]2OC(C)=O)[C@@H]2O[C@H](COC(C)=O)[C@@H](OC(C)=O)[C@H](OC(C)=O)[C@H]2OC(C)=O)[C@H](OC(C)=O)[C@@H](OC(C)=O)[C@@H]1OC(C)=O. The number of nitrogens with one attached hydrogen (secondary N) is 3. The van der Waals surface area contributed by atoms with Crippen LogP contribution in [0.2, 0.25) is 0 Å². The fraction of sp³-hybridized carbons (Fsp3) is 0.600. The first-order valence-corrected chi connectivity index (χ1v) is 33.5. The molecule has 0 spiro atoms. The second-order valence-corrected chi connectivity index (χ2v) is 26.0. The van der Waals surface area contributed by atoms with Crippen LogP contribution in [0.5, 0.6) is 0 Å². The number of hydrogen-bond acceptors (Lipinski definition) is 33. The molecule has 0 unspecified atom stereocenters. The summed E-state index contributed by atoms with van der Waals surface area (Å²) in [4.78, 5) is 216. The minimum absolute atomic E-state index is 0.287. The van der Waals surface area contributed by atoms with E-state index in [1.165, 1.54) is 20.8 Å². The van der Waals surface area contributed by atoms with E-state index in [1.54, 1.807) is 12.1 Å². The normalized spacial score (nSPS) is 25.3. The third-order valence-corrected chi connectivity index (χ3v) is 16.5. The van der Waals surface area contributed by atoms with Crippen molar-refractivity contribution >= 4 is 95.5 Å². The highest BCUT2D eigenvalue weighted by Gasteiger charge is 2.60. The molecule has 18 atom stereocenters. The van der Waals surface area contributed by atoms with Crippen molar-refractivity contribution in [3.63, 3.8) is 0 Å². The Hall–Kier alpha value is -10.4. The molecule has 3 aliphatic heterocycles. The lowest BCUT2D eigenvalue weighted by Crippen LogP contribution is -2.67. The van der Waals surface area contributed by atoms with Gasteiger partial charge in [0.1, 0.15) is 74.6 Å². The highest BCUT2D eigenvalue weighted by atomic mass is 16.7. The Balaban J connectivity index is 1.56. The van der Waals surface area contributed by atoms with Gasteiger partial charge in [-0.1, -0.05) is 48.5 Å². The second-order valence-electron chi connectivity index (χ2n) is 26.0. The molecule has 3 fully saturated rings. The van der Waals surface area contributed by atoms with Crippen LogP contribution in [0.3, 0.4) is 0 Å². The minimum atomic E-state index is -2.16. The number of fused-ring (bicyclic) bond motifs is 3. The van der Waals surface area contributed by atoms with Crippen molar-refractivity contribution in [1.82, 2.24) is 16.0 Å². The molecule has 0 bridgehead atoms. The van der Waals surface area contributed by atoms with Gasteiger partial charge in [0.05, 0.1) is 11.8 Å². The Kier molecular flexibility index (Phi) is 30.4. The van der Waals surface area contributed by atoms with Crippen molar-refractivity contribution in [1.29, 1.82) is 0 Å². The van der Waals surface area contributed by atoms with Gasteiger partial charge < -0.3 is 96.5 Å². The van der Waals surface area contributed by atoms with Crippen molar-refractivity contribution in [2.75, 3.05) is 46.1 Å². The third-order valence-electron chi connectivity index (χ3n) is 16.5. The molecular formula is C70H89N3O33. The largest absolute Gasteiger partial charge is 0.463 e. The summed E-state index contributed by atoms with van der Waals surface area (Å²) in [5.41, 5.74) is 1.96. The van der Waals surface area contributed by atoms with Crippen molar-refractivity contribution in [3.8, 4) is 11.1 Å². The number of carbonyl (C=O) groups is 16.